The van der Waals surface area contributed by atoms with Crippen molar-refractivity contribution in [1.29, 1.82) is 0 Å². The van der Waals surface area contributed by atoms with Crippen molar-refractivity contribution in [2.75, 3.05) is 7.05 Å². The number of nitrogens with zero attached hydrogens (tertiary/aromatic N) is 4. The molecule has 0 saturated heterocycles. The molecule has 6 heteroatoms. The molecule has 1 amide bonds. The molecule has 0 saturated carbocycles. The summed E-state index contributed by atoms with van der Waals surface area (Å²) in [7, 11) is 1.79. The van der Waals surface area contributed by atoms with Gasteiger partial charge in [-0.2, -0.15) is 0 Å². The Bertz CT molecular complexity index is 849. The van der Waals surface area contributed by atoms with Crippen LogP contribution in [-0.4, -0.2) is 33.0 Å². The minimum atomic E-state index is 0.0477. The molecule has 3 rings (SSSR count). The van der Waals surface area contributed by atoms with Gasteiger partial charge in [0.05, 0.1) is 0 Å². The molecule has 0 spiro atoms. The van der Waals surface area contributed by atoms with Gasteiger partial charge in [-0.15, -0.1) is 10.2 Å². The summed E-state index contributed by atoms with van der Waals surface area (Å²) in [6.07, 6.45) is 8.22. The van der Waals surface area contributed by atoms with E-state index in [0.717, 1.165) is 31.2 Å². The fraction of sp³-hybridized carbons (Fsp3) is 0.364. The zero-order valence-corrected chi connectivity index (χ0v) is 16.3. The fourth-order valence-corrected chi connectivity index (χ4v) is 3.00. The molecule has 0 aliphatic carbocycles. The number of aryl methyl sites for hydroxylation is 3. The Morgan fingerprint density at radius 1 is 0.929 bits per heavy atom. The van der Waals surface area contributed by atoms with Crippen LogP contribution >= 0.6 is 0 Å². The third kappa shape index (κ3) is 6.30. The maximum Gasteiger partial charge on any atom is 0.223 e. The van der Waals surface area contributed by atoms with Crippen molar-refractivity contribution < 1.29 is 9.21 Å². The molecule has 0 bridgehead atoms. The van der Waals surface area contributed by atoms with Crippen molar-refractivity contribution in [2.45, 2.75) is 45.1 Å². The molecule has 0 radical (unpaired) electrons. The smallest absolute Gasteiger partial charge is 0.223 e. The average molecular weight is 378 g/mol. The van der Waals surface area contributed by atoms with Gasteiger partial charge in [0.1, 0.15) is 0 Å². The number of aromatic nitrogens is 3. The van der Waals surface area contributed by atoms with Crippen LogP contribution in [-0.2, 0) is 30.6 Å². The number of hydrogen-bond acceptors (Lipinski definition) is 5. The van der Waals surface area contributed by atoms with Gasteiger partial charge in [0.2, 0.25) is 17.7 Å². The standard InChI is InChI=1S/C22H26N4O2/c1-26(17-19-11-7-15-23-16-19)22(27)14-13-21-25-24-20(28-21)12-6-5-10-18-8-3-2-4-9-18/h2-4,7-9,11,15-16H,5-6,10,12-14,17H2,1H3. The quantitative estimate of drug-likeness (QED) is 0.504. The predicted octanol–water partition coefficient (Wildman–Crippen LogP) is 3.62. The summed E-state index contributed by atoms with van der Waals surface area (Å²) in [5, 5.41) is 8.17. The van der Waals surface area contributed by atoms with Crippen molar-refractivity contribution in [2.24, 2.45) is 0 Å². The minimum absolute atomic E-state index is 0.0477. The van der Waals surface area contributed by atoms with Crippen LogP contribution in [0.4, 0.5) is 0 Å². The number of unbranched alkanes of at least 4 members (excludes halogenated alkanes) is 1. The van der Waals surface area contributed by atoms with Gasteiger partial charge in [-0.3, -0.25) is 9.78 Å². The molecule has 146 valence electrons. The molecule has 0 atom stereocenters. The molecule has 0 aliphatic rings. The molecule has 3 aromatic rings. The molecular formula is C22H26N4O2. The SMILES string of the molecule is CN(Cc1cccnc1)C(=O)CCc1nnc(CCCCc2ccccc2)o1. The van der Waals surface area contributed by atoms with E-state index in [1.807, 2.05) is 18.2 Å². The van der Waals surface area contributed by atoms with Gasteiger partial charge < -0.3 is 9.32 Å². The van der Waals surface area contributed by atoms with E-state index in [9.17, 15) is 4.79 Å². The van der Waals surface area contributed by atoms with Gasteiger partial charge in [0.15, 0.2) is 0 Å². The zero-order valence-electron chi connectivity index (χ0n) is 16.3. The first kappa shape index (κ1) is 19.7. The minimum Gasteiger partial charge on any atom is -0.425 e. The van der Waals surface area contributed by atoms with Gasteiger partial charge >= 0.3 is 0 Å². The Morgan fingerprint density at radius 2 is 1.64 bits per heavy atom. The summed E-state index contributed by atoms with van der Waals surface area (Å²) in [5.41, 5.74) is 2.36. The molecule has 2 aromatic heterocycles. The Kier molecular flexibility index (Phi) is 7.29. The Labute approximate surface area is 165 Å². The van der Waals surface area contributed by atoms with Crippen molar-refractivity contribution in [3.05, 3.63) is 77.8 Å². The molecule has 2 heterocycles. The zero-order chi connectivity index (χ0) is 19.6. The lowest BCUT2D eigenvalue weighted by Crippen LogP contribution is -2.26. The van der Waals surface area contributed by atoms with Gasteiger partial charge in [-0.25, -0.2) is 0 Å². The van der Waals surface area contributed by atoms with E-state index < -0.39 is 0 Å². The topological polar surface area (TPSA) is 72.1 Å². The number of amides is 1. The lowest BCUT2D eigenvalue weighted by molar-refractivity contribution is -0.130. The van der Waals surface area contributed by atoms with Crippen molar-refractivity contribution >= 4 is 5.91 Å². The van der Waals surface area contributed by atoms with Crippen LogP contribution in [0.15, 0.2) is 59.3 Å². The third-order valence-electron chi connectivity index (χ3n) is 4.58. The van der Waals surface area contributed by atoms with Crippen molar-refractivity contribution in [3.63, 3.8) is 0 Å². The average Bonchev–Trinajstić information content (AvgIpc) is 3.19. The summed E-state index contributed by atoms with van der Waals surface area (Å²) in [6.45, 7) is 0.545. The normalized spacial score (nSPS) is 10.8. The van der Waals surface area contributed by atoms with Crippen LogP contribution < -0.4 is 0 Å². The Balaban J connectivity index is 1.36. The van der Waals surface area contributed by atoms with E-state index >= 15 is 0 Å². The third-order valence-corrected chi connectivity index (χ3v) is 4.58. The second-order valence-electron chi connectivity index (χ2n) is 6.89. The number of rotatable bonds is 10. The first-order chi connectivity index (χ1) is 13.7. The van der Waals surface area contributed by atoms with E-state index in [1.54, 1.807) is 24.3 Å². The number of carbonyl (C=O) groups is 1. The van der Waals surface area contributed by atoms with Crippen LogP contribution in [0, 0.1) is 0 Å². The molecule has 1 aromatic carbocycles. The van der Waals surface area contributed by atoms with Gasteiger partial charge in [0, 0.05) is 45.2 Å². The predicted molar refractivity (Wildman–Crippen MR) is 106 cm³/mol. The molecule has 0 fully saturated rings. The summed E-state index contributed by atoms with van der Waals surface area (Å²) in [5.74, 6) is 1.23. The summed E-state index contributed by atoms with van der Waals surface area (Å²) >= 11 is 0. The Morgan fingerprint density at radius 3 is 2.39 bits per heavy atom. The lowest BCUT2D eigenvalue weighted by atomic mass is 10.1. The van der Waals surface area contributed by atoms with E-state index in [2.05, 4.69) is 39.4 Å². The molecule has 28 heavy (non-hydrogen) atoms. The van der Waals surface area contributed by atoms with Gasteiger partial charge in [-0.05, 0) is 36.5 Å². The van der Waals surface area contributed by atoms with Crippen LogP contribution in [0.5, 0.6) is 0 Å². The maximum absolute atomic E-state index is 12.3. The fourth-order valence-electron chi connectivity index (χ4n) is 3.00. The first-order valence-electron chi connectivity index (χ1n) is 9.69. The van der Waals surface area contributed by atoms with E-state index in [0.29, 0.717) is 31.2 Å². The summed E-state index contributed by atoms with van der Waals surface area (Å²) in [4.78, 5) is 18.1. The molecule has 0 aliphatic heterocycles. The van der Waals surface area contributed by atoms with Crippen LogP contribution in [0.1, 0.15) is 42.2 Å². The maximum atomic E-state index is 12.3. The lowest BCUT2D eigenvalue weighted by Gasteiger charge is -2.16. The van der Waals surface area contributed by atoms with Crippen molar-refractivity contribution in [1.82, 2.24) is 20.1 Å². The highest BCUT2D eigenvalue weighted by Gasteiger charge is 2.13. The number of carbonyl (C=O) groups excluding carboxylic acids is 1. The van der Waals surface area contributed by atoms with Crippen LogP contribution in [0.25, 0.3) is 0 Å². The van der Waals surface area contributed by atoms with E-state index in [1.165, 1.54) is 5.56 Å². The highest BCUT2D eigenvalue weighted by molar-refractivity contribution is 5.76. The number of pyridine rings is 1. The van der Waals surface area contributed by atoms with E-state index in [-0.39, 0.29) is 5.91 Å². The first-order valence-corrected chi connectivity index (χ1v) is 9.69. The highest BCUT2D eigenvalue weighted by Crippen LogP contribution is 2.10. The molecule has 0 N–H and O–H groups in total. The number of benzene rings is 1. The van der Waals surface area contributed by atoms with Crippen LogP contribution in [0.2, 0.25) is 0 Å². The monoisotopic (exact) mass is 378 g/mol. The molecule has 0 unspecified atom stereocenters. The summed E-state index contributed by atoms with van der Waals surface area (Å²) < 4.78 is 5.68. The van der Waals surface area contributed by atoms with Gasteiger partial charge in [0.25, 0.3) is 0 Å². The molecular weight excluding hydrogens is 352 g/mol. The van der Waals surface area contributed by atoms with Gasteiger partial charge in [-0.1, -0.05) is 36.4 Å². The summed E-state index contributed by atoms with van der Waals surface area (Å²) in [6, 6.07) is 14.3. The highest BCUT2D eigenvalue weighted by atomic mass is 16.4. The number of hydrogen-bond donors (Lipinski definition) is 0. The second-order valence-corrected chi connectivity index (χ2v) is 6.89. The van der Waals surface area contributed by atoms with Crippen LogP contribution in [0.3, 0.4) is 0 Å². The Hall–Kier alpha value is -3.02. The van der Waals surface area contributed by atoms with E-state index in [4.69, 9.17) is 4.42 Å². The molecule has 6 nitrogen and oxygen atoms in total. The largest absolute Gasteiger partial charge is 0.425 e. The van der Waals surface area contributed by atoms with Crippen molar-refractivity contribution in [3.8, 4) is 0 Å². The second kappa shape index (κ2) is 10.3.